The van der Waals surface area contributed by atoms with Gasteiger partial charge >= 0.3 is 18.3 Å². The van der Waals surface area contributed by atoms with Crippen molar-refractivity contribution in [2.24, 2.45) is 0 Å². The van der Waals surface area contributed by atoms with Crippen molar-refractivity contribution in [3.05, 3.63) is 108 Å². The number of nitrogens with one attached hydrogen (secondary N) is 2. The number of halogens is 9. The number of nitrogens with zero attached hydrogens (tertiary/aromatic N) is 2. The van der Waals surface area contributed by atoms with Crippen LogP contribution in [0.25, 0.3) is 0 Å². The summed E-state index contributed by atoms with van der Waals surface area (Å²) in [5.41, 5.74) is -0.224. The standard InChI is InChI=1S/C13H8ClF3N2O.C13H9F3N2O2.Cl2OS/c14-12(20)11-5-4-10(7-18-11)19-9-3-1-2-8(6-9)13(15,16)17;14-13(15,16)8-2-1-3-9(6-8)18-10-4-5-11(12(19)20)17-7-10;1-4(2)3/h1-7,19H;1-7,18H,(H,19,20);. The Bertz CT molecular complexity index is 1480. The van der Waals surface area contributed by atoms with E-state index in [9.17, 15) is 35.9 Å². The van der Waals surface area contributed by atoms with Gasteiger partial charge in [-0.1, -0.05) is 12.1 Å². The lowest BCUT2D eigenvalue weighted by Crippen LogP contribution is -2.05. The predicted molar refractivity (Wildman–Crippen MR) is 155 cm³/mol. The van der Waals surface area contributed by atoms with Crippen LogP contribution in [0.5, 0.6) is 0 Å². The Hall–Kier alpha value is -3.92. The summed E-state index contributed by atoms with van der Waals surface area (Å²) in [4.78, 5) is 28.9. The molecular formula is C26H17Cl3F6N4O4S. The zero-order valence-corrected chi connectivity index (χ0v) is 24.5. The number of aromatic nitrogens is 2. The lowest BCUT2D eigenvalue weighted by molar-refractivity contribution is -0.138. The van der Waals surface area contributed by atoms with Crippen LogP contribution in [0.1, 0.15) is 32.1 Å². The highest BCUT2D eigenvalue weighted by molar-refractivity contribution is 8.26. The third kappa shape index (κ3) is 12.8. The summed E-state index contributed by atoms with van der Waals surface area (Å²) in [6, 6.07) is 15.0. The minimum absolute atomic E-state index is 0.0706. The minimum atomic E-state index is -4.41. The number of rotatable bonds is 6. The average molecular weight is 702 g/mol. The number of carboxylic acids is 1. The summed E-state index contributed by atoms with van der Waals surface area (Å²) < 4.78 is 84.4. The Morgan fingerprint density at radius 1 is 0.682 bits per heavy atom. The maximum atomic E-state index is 12.6. The molecule has 0 amide bonds. The van der Waals surface area contributed by atoms with Crippen molar-refractivity contribution in [3.8, 4) is 0 Å². The molecule has 0 fully saturated rings. The van der Waals surface area contributed by atoms with Gasteiger partial charge in [0.05, 0.1) is 34.9 Å². The van der Waals surface area contributed by atoms with Gasteiger partial charge in [-0.05, 0) is 72.3 Å². The van der Waals surface area contributed by atoms with Gasteiger partial charge in [-0.25, -0.2) is 19.0 Å². The van der Waals surface area contributed by atoms with E-state index in [2.05, 4.69) is 42.0 Å². The van der Waals surface area contributed by atoms with Gasteiger partial charge in [0, 0.05) is 32.7 Å². The highest BCUT2D eigenvalue weighted by atomic mass is 36.0. The summed E-state index contributed by atoms with van der Waals surface area (Å²) in [7, 11) is 7.36. The van der Waals surface area contributed by atoms with Crippen LogP contribution in [0.3, 0.4) is 0 Å². The SMILES string of the molecule is O=C(Cl)c1ccc(Nc2cccc(C(F)(F)F)c2)cn1.O=C(O)c1ccc(Nc2cccc(C(F)(F)F)c2)cn1.O=S(Cl)Cl. The number of aromatic carboxylic acids is 1. The largest absolute Gasteiger partial charge is 0.477 e. The fourth-order valence-corrected chi connectivity index (χ4v) is 3.17. The molecule has 2 aromatic carbocycles. The maximum absolute atomic E-state index is 12.6. The topological polar surface area (TPSA) is 121 Å². The van der Waals surface area contributed by atoms with Crippen LogP contribution >= 0.6 is 33.0 Å². The lowest BCUT2D eigenvalue weighted by atomic mass is 10.2. The highest BCUT2D eigenvalue weighted by Gasteiger charge is 2.31. The first-order chi connectivity index (χ1) is 20.5. The van der Waals surface area contributed by atoms with Gasteiger partial charge in [-0.3, -0.25) is 4.79 Å². The van der Waals surface area contributed by atoms with Crippen LogP contribution in [0.2, 0.25) is 0 Å². The Labute approximate surface area is 261 Å². The summed E-state index contributed by atoms with van der Waals surface area (Å²) in [6.45, 7) is 0. The average Bonchev–Trinajstić information content (AvgIpc) is 2.93. The molecule has 3 N–H and O–H groups in total. The fraction of sp³-hybridized carbons (Fsp3) is 0.0769. The molecule has 0 aliphatic rings. The van der Waals surface area contributed by atoms with Crippen LogP contribution in [0.4, 0.5) is 49.1 Å². The van der Waals surface area contributed by atoms with Crippen LogP contribution < -0.4 is 10.6 Å². The van der Waals surface area contributed by atoms with Gasteiger partial charge in [0.15, 0.2) is 0 Å². The van der Waals surface area contributed by atoms with Crippen molar-refractivity contribution in [2.75, 3.05) is 10.6 Å². The van der Waals surface area contributed by atoms with Crippen molar-refractivity contribution in [3.63, 3.8) is 0 Å². The molecular weight excluding hydrogens is 685 g/mol. The molecule has 0 aliphatic heterocycles. The molecule has 0 saturated heterocycles. The number of anilines is 4. The van der Waals surface area contributed by atoms with E-state index in [4.69, 9.17) is 20.9 Å². The van der Waals surface area contributed by atoms with Gasteiger partial charge < -0.3 is 15.7 Å². The number of hydrogen-bond donors (Lipinski definition) is 3. The number of pyridine rings is 2. The van der Waals surface area contributed by atoms with E-state index in [1.54, 1.807) is 0 Å². The van der Waals surface area contributed by atoms with Gasteiger partial charge in [0.2, 0.25) is 9.23 Å². The predicted octanol–water partition coefficient (Wildman–Crippen LogP) is 8.81. The molecule has 18 heteroatoms. The van der Waals surface area contributed by atoms with Gasteiger partial charge in [-0.2, -0.15) is 26.3 Å². The summed E-state index contributed by atoms with van der Waals surface area (Å²) >= 11 is 5.24. The van der Waals surface area contributed by atoms with E-state index in [0.717, 1.165) is 24.3 Å². The Kier molecular flexibility index (Phi) is 13.4. The number of benzene rings is 2. The molecule has 0 aliphatic carbocycles. The molecule has 4 aromatic rings. The van der Waals surface area contributed by atoms with E-state index in [0.29, 0.717) is 11.4 Å². The molecule has 2 heterocycles. The number of carbonyl (C=O) groups excluding carboxylic acids is 1. The summed E-state index contributed by atoms with van der Waals surface area (Å²) in [6.07, 6.45) is -6.26. The second kappa shape index (κ2) is 16.2. The fourth-order valence-electron chi connectivity index (χ4n) is 3.06. The molecule has 234 valence electrons. The van der Waals surface area contributed by atoms with E-state index in [1.807, 2.05) is 0 Å². The molecule has 2 aromatic heterocycles. The van der Waals surface area contributed by atoms with E-state index in [-0.39, 0.29) is 22.8 Å². The smallest absolute Gasteiger partial charge is 0.416 e. The molecule has 4 rings (SSSR count). The van der Waals surface area contributed by atoms with Crippen LogP contribution in [-0.4, -0.2) is 30.5 Å². The summed E-state index contributed by atoms with van der Waals surface area (Å²) in [5, 5.41) is 13.5. The van der Waals surface area contributed by atoms with Crippen molar-refractivity contribution < 1.29 is 45.2 Å². The van der Waals surface area contributed by atoms with Crippen LogP contribution in [0.15, 0.2) is 85.2 Å². The molecule has 0 saturated carbocycles. The van der Waals surface area contributed by atoms with Crippen molar-refractivity contribution in [1.82, 2.24) is 9.97 Å². The second-order valence-corrected chi connectivity index (χ2v) is 10.9. The van der Waals surface area contributed by atoms with Crippen molar-refractivity contribution in [2.45, 2.75) is 12.4 Å². The zero-order valence-electron chi connectivity index (χ0n) is 21.5. The Morgan fingerprint density at radius 2 is 1.07 bits per heavy atom. The van der Waals surface area contributed by atoms with Gasteiger partial charge in [-0.15, -0.1) is 0 Å². The quantitative estimate of drug-likeness (QED) is 0.135. The molecule has 0 spiro atoms. The Morgan fingerprint density at radius 3 is 1.36 bits per heavy atom. The minimum Gasteiger partial charge on any atom is -0.477 e. The van der Waals surface area contributed by atoms with Crippen LogP contribution in [-0.2, 0) is 21.6 Å². The number of carboxylic acid groups (broad SMARTS) is 1. The van der Waals surface area contributed by atoms with E-state index in [1.165, 1.54) is 60.9 Å². The van der Waals surface area contributed by atoms with Crippen molar-refractivity contribution >= 4 is 76.2 Å². The normalized spacial score (nSPS) is 11.0. The number of hydrogen-bond acceptors (Lipinski definition) is 7. The third-order valence-electron chi connectivity index (χ3n) is 4.90. The van der Waals surface area contributed by atoms with Crippen LogP contribution in [0, 0.1) is 0 Å². The van der Waals surface area contributed by atoms with Gasteiger partial charge in [0.25, 0.3) is 5.24 Å². The molecule has 8 nitrogen and oxygen atoms in total. The molecule has 44 heavy (non-hydrogen) atoms. The lowest BCUT2D eigenvalue weighted by Gasteiger charge is -2.10. The van der Waals surface area contributed by atoms with Gasteiger partial charge in [0.1, 0.15) is 11.4 Å². The van der Waals surface area contributed by atoms with E-state index >= 15 is 0 Å². The van der Waals surface area contributed by atoms with Crippen molar-refractivity contribution in [1.29, 1.82) is 0 Å². The maximum Gasteiger partial charge on any atom is 0.416 e. The molecule has 0 radical (unpaired) electrons. The molecule has 0 bridgehead atoms. The highest BCUT2D eigenvalue weighted by Crippen LogP contribution is 2.32. The summed E-state index contributed by atoms with van der Waals surface area (Å²) in [5.74, 6) is -1.17. The monoisotopic (exact) mass is 700 g/mol. The number of alkyl halides is 6. The molecule has 0 atom stereocenters. The second-order valence-electron chi connectivity index (χ2n) is 8.03. The third-order valence-corrected chi connectivity index (χ3v) is 5.10. The zero-order chi connectivity index (χ0) is 33.1. The first-order valence-corrected chi connectivity index (χ1v) is 14.6. The number of carbonyl (C=O) groups is 2. The first-order valence-electron chi connectivity index (χ1n) is 11.4. The van der Waals surface area contributed by atoms with E-state index < -0.39 is 43.9 Å². The molecule has 0 unspecified atom stereocenters. The Balaban J connectivity index is 0.000000274. The first kappa shape index (κ1) is 36.3.